The summed E-state index contributed by atoms with van der Waals surface area (Å²) in [5, 5.41) is 2.90. The number of carbonyl (C=O) groups excluding carboxylic acids is 1. The molecule has 4 N–H and O–H groups in total. The van der Waals surface area contributed by atoms with E-state index in [1.807, 2.05) is 24.3 Å². The number of ether oxygens (including phenoxy) is 3. The van der Waals surface area contributed by atoms with Crippen molar-refractivity contribution in [2.24, 2.45) is 0 Å². The molecular weight excluding hydrogens is 770 g/mol. The zero-order chi connectivity index (χ0) is 40.1. The number of nitrogens with one attached hydrogen (secondary N) is 2. The van der Waals surface area contributed by atoms with Crippen molar-refractivity contribution in [3.63, 3.8) is 0 Å². The minimum absolute atomic E-state index is 0.0210. The van der Waals surface area contributed by atoms with Crippen molar-refractivity contribution in [1.29, 1.82) is 0 Å². The van der Waals surface area contributed by atoms with E-state index in [1.54, 1.807) is 18.2 Å². The van der Waals surface area contributed by atoms with Gasteiger partial charge in [-0.1, -0.05) is 30.3 Å². The Bertz CT molecular complexity index is 2580. The van der Waals surface area contributed by atoms with Crippen LogP contribution in [0.15, 0.2) is 73.1 Å². The van der Waals surface area contributed by atoms with Crippen LogP contribution in [0.5, 0.6) is 17.4 Å². The fourth-order valence-electron chi connectivity index (χ4n) is 7.91. The third-order valence-electron chi connectivity index (χ3n) is 10.8. The number of aromatic amines is 1. The number of aromatic nitrogens is 4. The number of rotatable bonds is 8. The molecular formula is C40H30F6N8O4. The van der Waals surface area contributed by atoms with Crippen molar-refractivity contribution in [1.82, 2.24) is 25.3 Å². The van der Waals surface area contributed by atoms with Gasteiger partial charge in [0.25, 0.3) is 17.8 Å². The first-order chi connectivity index (χ1) is 27.7. The fourth-order valence-corrected chi connectivity index (χ4v) is 7.91. The van der Waals surface area contributed by atoms with E-state index in [9.17, 15) is 22.4 Å². The minimum atomic E-state index is -2.99. The summed E-state index contributed by atoms with van der Waals surface area (Å²) in [6, 6.07) is 17.0. The second kappa shape index (κ2) is 12.7. The van der Waals surface area contributed by atoms with Crippen molar-refractivity contribution in [3.05, 3.63) is 124 Å². The van der Waals surface area contributed by atoms with Gasteiger partial charge < -0.3 is 40.0 Å². The van der Waals surface area contributed by atoms with Crippen LogP contribution in [0.3, 0.4) is 0 Å². The van der Waals surface area contributed by atoms with E-state index in [-0.39, 0.29) is 71.2 Å². The summed E-state index contributed by atoms with van der Waals surface area (Å²) in [5.74, 6) is -7.75. The fraction of sp³-hybridized carbons (Fsp3) is 0.250. The van der Waals surface area contributed by atoms with Crippen LogP contribution in [0.1, 0.15) is 43.7 Å². The maximum atomic E-state index is 15.9. The molecule has 12 nitrogen and oxygen atoms in total. The summed E-state index contributed by atoms with van der Waals surface area (Å²) in [6.07, 6.45) is 1.46. The Kier molecular flexibility index (Phi) is 7.86. The third kappa shape index (κ3) is 5.88. The van der Waals surface area contributed by atoms with E-state index in [0.717, 1.165) is 23.3 Å². The summed E-state index contributed by atoms with van der Waals surface area (Å²) in [6.45, 7) is -2.50. The average Bonchev–Trinajstić information content (AvgIpc) is 3.80. The van der Waals surface area contributed by atoms with Crippen molar-refractivity contribution in [2.45, 2.75) is 37.2 Å². The molecule has 6 heterocycles. The smallest absolute Gasteiger partial charge is 0.282 e. The van der Waals surface area contributed by atoms with E-state index < -0.39 is 61.2 Å². The van der Waals surface area contributed by atoms with Gasteiger partial charge in [0.15, 0.2) is 16.8 Å². The van der Waals surface area contributed by atoms with Gasteiger partial charge in [0.2, 0.25) is 11.8 Å². The molecule has 0 unspecified atom stereocenters. The Morgan fingerprint density at radius 2 is 1.45 bits per heavy atom. The van der Waals surface area contributed by atoms with E-state index in [2.05, 4.69) is 25.3 Å². The van der Waals surface area contributed by atoms with Crippen molar-refractivity contribution in [2.75, 3.05) is 41.7 Å². The number of benzene rings is 4. The Labute approximate surface area is 324 Å². The number of nitrogens with two attached hydrogens (primary N) is 1. The number of alkyl halides is 4. The van der Waals surface area contributed by atoms with Crippen molar-refractivity contribution in [3.8, 4) is 17.4 Å². The highest BCUT2D eigenvalue weighted by Crippen LogP contribution is 2.58. The molecule has 0 atom stereocenters. The normalized spacial score (nSPS) is 17.8. The molecule has 4 aliphatic heterocycles. The van der Waals surface area contributed by atoms with E-state index in [1.165, 1.54) is 28.3 Å². The maximum absolute atomic E-state index is 15.9. The second-order valence-corrected chi connectivity index (χ2v) is 14.7. The van der Waals surface area contributed by atoms with Gasteiger partial charge in [-0.2, -0.15) is 9.97 Å². The predicted octanol–water partition coefficient (Wildman–Crippen LogP) is 6.56. The predicted molar refractivity (Wildman–Crippen MR) is 196 cm³/mol. The lowest BCUT2D eigenvalue weighted by Crippen LogP contribution is -2.56. The molecule has 0 radical (unpaired) electrons. The van der Waals surface area contributed by atoms with Gasteiger partial charge in [-0.3, -0.25) is 4.79 Å². The third-order valence-corrected chi connectivity index (χ3v) is 10.8. The van der Waals surface area contributed by atoms with Gasteiger partial charge in [0.05, 0.1) is 50.5 Å². The number of halogens is 6. The number of hydrogen-bond acceptors (Lipinski definition) is 10. The molecule has 0 aliphatic carbocycles. The van der Waals surface area contributed by atoms with Crippen LogP contribution >= 0.6 is 0 Å². The molecule has 1 amide bonds. The maximum Gasteiger partial charge on any atom is 0.282 e. The molecule has 4 aromatic carbocycles. The Morgan fingerprint density at radius 3 is 2.07 bits per heavy atom. The SMILES string of the molecule is Nc1nc(OCc2ccc(CNC(=O)c3ccc4c(c3)C3(OC4)c4cc(F)c(N5CC(F)(F)C5)cc4Oc4cc(N5CC(F)(F)C5)c(F)cc43)cc2)c2nc[nH]c2n1. The quantitative estimate of drug-likeness (QED) is 0.145. The topological polar surface area (TPSA) is 144 Å². The van der Waals surface area contributed by atoms with Crippen molar-refractivity contribution >= 4 is 34.4 Å². The number of carbonyl (C=O) groups is 1. The number of H-pyrrole nitrogens is 1. The number of nitrogen functional groups attached to an aromatic ring is 1. The van der Waals surface area contributed by atoms with Crippen LogP contribution in [0.4, 0.5) is 43.7 Å². The second-order valence-electron chi connectivity index (χ2n) is 14.7. The standard InChI is InChI=1S/C40H30F6N8O4/c41-27-8-25-31(10-29(27)53-15-38(43,44)16-53)58-32-11-30(54-17-39(45,46)18-54)28(42)9-26(32)40(25)24-7-22(5-6-23(24)14-57-40)35(55)48-12-20-1-3-21(4-2-20)13-56-36-33-34(50-19-49-33)51-37(47)52-36/h1-11,19H,12-18H2,(H,48,55)(H3,47,49,50,51,52). The first kappa shape index (κ1) is 35.8. The first-order valence-corrected chi connectivity index (χ1v) is 18.1. The molecule has 2 saturated heterocycles. The molecule has 1 spiro atoms. The van der Waals surface area contributed by atoms with Gasteiger partial charge >= 0.3 is 0 Å². The van der Waals surface area contributed by atoms with Crippen LogP contribution in [-0.2, 0) is 30.1 Å². The zero-order valence-electron chi connectivity index (χ0n) is 30.1. The Balaban J connectivity index is 0.932. The number of imidazole rings is 1. The summed E-state index contributed by atoms with van der Waals surface area (Å²) in [4.78, 5) is 31.2. The molecule has 10 rings (SSSR count). The molecule has 58 heavy (non-hydrogen) atoms. The Hall–Kier alpha value is -6.56. The van der Waals surface area contributed by atoms with Gasteiger partial charge in [-0.15, -0.1) is 0 Å². The lowest BCUT2D eigenvalue weighted by molar-refractivity contribution is -0.0272. The lowest BCUT2D eigenvalue weighted by Gasteiger charge is -2.43. The summed E-state index contributed by atoms with van der Waals surface area (Å²) < 4.78 is 106. The van der Waals surface area contributed by atoms with Crippen LogP contribution < -0.4 is 30.3 Å². The van der Waals surface area contributed by atoms with Crippen LogP contribution in [-0.4, -0.2) is 63.9 Å². The highest BCUT2D eigenvalue weighted by Gasteiger charge is 2.53. The van der Waals surface area contributed by atoms with Gasteiger partial charge in [-0.25, -0.2) is 31.3 Å². The molecule has 18 heteroatoms. The van der Waals surface area contributed by atoms with E-state index in [0.29, 0.717) is 22.3 Å². The van der Waals surface area contributed by atoms with Crippen LogP contribution in [0, 0.1) is 11.6 Å². The number of amides is 1. The molecule has 296 valence electrons. The lowest BCUT2D eigenvalue weighted by atomic mass is 9.76. The monoisotopic (exact) mass is 800 g/mol. The highest BCUT2D eigenvalue weighted by molar-refractivity contribution is 5.94. The first-order valence-electron chi connectivity index (χ1n) is 18.1. The van der Waals surface area contributed by atoms with Crippen LogP contribution in [0.2, 0.25) is 0 Å². The molecule has 2 aromatic heterocycles. The molecule has 0 saturated carbocycles. The van der Waals surface area contributed by atoms with Gasteiger partial charge in [-0.05, 0) is 46.5 Å². The molecule has 2 fully saturated rings. The largest absolute Gasteiger partial charge is 0.471 e. The molecule has 0 bridgehead atoms. The summed E-state index contributed by atoms with van der Waals surface area (Å²) in [5.41, 5.74) is 7.75. The van der Waals surface area contributed by atoms with Gasteiger partial charge in [0.1, 0.15) is 29.7 Å². The van der Waals surface area contributed by atoms with E-state index >= 15 is 8.78 Å². The average molecular weight is 801 g/mol. The number of fused-ring (bicyclic) bond motifs is 7. The molecule has 6 aromatic rings. The highest BCUT2D eigenvalue weighted by atomic mass is 19.3. The number of hydrogen-bond donors (Lipinski definition) is 3. The minimum Gasteiger partial charge on any atom is -0.471 e. The van der Waals surface area contributed by atoms with Crippen molar-refractivity contribution < 1.29 is 45.3 Å². The van der Waals surface area contributed by atoms with Gasteiger partial charge in [0, 0.05) is 35.4 Å². The summed E-state index contributed by atoms with van der Waals surface area (Å²) in [7, 11) is 0. The zero-order valence-corrected chi connectivity index (χ0v) is 30.1. The Morgan fingerprint density at radius 1 is 0.828 bits per heavy atom. The van der Waals surface area contributed by atoms with E-state index in [4.69, 9.17) is 19.9 Å². The number of anilines is 3. The summed E-state index contributed by atoms with van der Waals surface area (Å²) >= 11 is 0. The number of nitrogens with zero attached hydrogens (tertiary/aromatic N) is 5. The van der Waals surface area contributed by atoms with Crippen LogP contribution in [0.25, 0.3) is 11.2 Å². The molecule has 4 aliphatic rings.